The summed E-state index contributed by atoms with van der Waals surface area (Å²) in [6.45, 7) is 3.91. The van der Waals surface area contributed by atoms with Crippen molar-refractivity contribution < 1.29 is 13.6 Å². The third-order valence-corrected chi connectivity index (χ3v) is 7.66. The number of hydrogen-bond donors (Lipinski definition) is 1. The third-order valence-electron chi connectivity index (χ3n) is 5.31. The molecule has 35 heavy (non-hydrogen) atoms. The number of amides is 1. The minimum absolute atomic E-state index is 0.163. The summed E-state index contributed by atoms with van der Waals surface area (Å²) in [5.74, 6) is -2.62. The van der Waals surface area contributed by atoms with Crippen LogP contribution in [0.3, 0.4) is 0 Å². The van der Waals surface area contributed by atoms with Crippen molar-refractivity contribution in [1.29, 1.82) is 0 Å². The van der Waals surface area contributed by atoms with Crippen molar-refractivity contribution in [3.8, 4) is 5.69 Å². The van der Waals surface area contributed by atoms with Gasteiger partial charge in [-0.15, -0.1) is 5.10 Å². The molecule has 0 radical (unpaired) electrons. The number of aryl methyl sites for hydroxylation is 1. The number of benzene rings is 2. The first-order valence-corrected chi connectivity index (χ1v) is 13.0. The molecule has 1 N–H and O–H groups in total. The Bertz CT molecular complexity index is 1310. The molecule has 0 aliphatic carbocycles. The first kappa shape index (κ1) is 25.8. The maximum atomic E-state index is 12.5. The number of halogens is 4. The SMILES string of the molecule is Cc1cc(C=N/N=C2\NC(=O)C(Cc3ccc(SC(F)F)cc3)S2)c(C)n1-c1cc(Cl)ccc1Cl. The van der Waals surface area contributed by atoms with E-state index in [0.29, 0.717) is 38.3 Å². The topological polar surface area (TPSA) is 58.8 Å². The second kappa shape index (κ2) is 11.2. The van der Waals surface area contributed by atoms with E-state index in [4.69, 9.17) is 23.2 Å². The van der Waals surface area contributed by atoms with Crippen LogP contribution in [0.15, 0.2) is 63.6 Å². The maximum Gasteiger partial charge on any atom is 0.288 e. The van der Waals surface area contributed by atoms with E-state index in [2.05, 4.69) is 15.5 Å². The first-order valence-electron chi connectivity index (χ1n) is 10.5. The van der Waals surface area contributed by atoms with Crippen LogP contribution >= 0.6 is 46.7 Å². The van der Waals surface area contributed by atoms with Crippen LogP contribution in [0.5, 0.6) is 0 Å². The van der Waals surface area contributed by atoms with Crippen LogP contribution in [0.25, 0.3) is 5.69 Å². The lowest BCUT2D eigenvalue weighted by Gasteiger charge is -2.12. The first-order chi connectivity index (χ1) is 16.7. The molecule has 0 bridgehead atoms. The van der Waals surface area contributed by atoms with Crippen LogP contribution < -0.4 is 5.32 Å². The van der Waals surface area contributed by atoms with Gasteiger partial charge in [-0.25, -0.2) is 0 Å². The Balaban J connectivity index is 1.43. The Labute approximate surface area is 220 Å². The number of carbonyl (C=O) groups excluding carboxylic acids is 1. The molecule has 1 fully saturated rings. The van der Waals surface area contributed by atoms with Crippen molar-refractivity contribution in [2.75, 3.05) is 0 Å². The Kier molecular flexibility index (Phi) is 8.21. The van der Waals surface area contributed by atoms with E-state index in [9.17, 15) is 13.6 Å². The van der Waals surface area contributed by atoms with Gasteiger partial charge in [-0.3, -0.25) is 4.79 Å². The average Bonchev–Trinajstić information content (AvgIpc) is 3.29. The van der Waals surface area contributed by atoms with Gasteiger partial charge in [0.05, 0.1) is 22.2 Å². The van der Waals surface area contributed by atoms with Crippen molar-refractivity contribution in [1.82, 2.24) is 9.88 Å². The molecule has 1 unspecified atom stereocenters. The fourth-order valence-corrected chi connectivity index (χ4v) is 5.53. The lowest BCUT2D eigenvalue weighted by Crippen LogP contribution is -2.25. The van der Waals surface area contributed by atoms with Crippen molar-refractivity contribution in [3.63, 3.8) is 0 Å². The van der Waals surface area contributed by atoms with E-state index in [1.54, 1.807) is 48.7 Å². The van der Waals surface area contributed by atoms with Crippen molar-refractivity contribution in [3.05, 3.63) is 81.1 Å². The number of aromatic nitrogens is 1. The van der Waals surface area contributed by atoms with Crippen LogP contribution in [0, 0.1) is 13.8 Å². The van der Waals surface area contributed by atoms with E-state index < -0.39 is 5.76 Å². The molecule has 1 atom stereocenters. The number of carbonyl (C=O) groups is 1. The lowest BCUT2D eigenvalue weighted by molar-refractivity contribution is -0.118. The number of nitrogens with one attached hydrogen (secondary N) is 1. The second-order valence-electron chi connectivity index (χ2n) is 7.73. The maximum absolute atomic E-state index is 12.5. The van der Waals surface area contributed by atoms with E-state index in [1.807, 2.05) is 24.5 Å². The zero-order valence-electron chi connectivity index (χ0n) is 18.6. The van der Waals surface area contributed by atoms with E-state index >= 15 is 0 Å². The third kappa shape index (κ3) is 6.27. The number of thioether (sulfide) groups is 2. The van der Waals surface area contributed by atoms with Gasteiger partial charge in [0.25, 0.3) is 5.76 Å². The van der Waals surface area contributed by atoms with Gasteiger partial charge < -0.3 is 9.88 Å². The standard InChI is InChI=1S/C24H20Cl2F2N4OS2/c1-13-9-16(14(2)32(13)20-11-17(25)5-8-19(20)26)12-29-31-24-30-22(33)21(35-24)10-15-3-6-18(7-4-15)34-23(27)28/h3-9,11-12,21,23H,10H2,1-2H3,(H,30,31,33). The van der Waals surface area contributed by atoms with Gasteiger partial charge in [-0.1, -0.05) is 58.9 Å². The molecule has 1 amide bonds. The summed E-state index contributed by atoms with van der Waals surface area (Å²) < 4.78 is 26.9. The van der Waals surface area contributed by atoms with Crippen LogP contribution in [-0.4, -0.2) is 32.9 Å². The summed E-state index contributed by atoms with van der Waals surface area (Å²) >= 11 is 14.3. The molecule has 4 rings (SSSR count). The summed E-state index contributed by atoms with van der Waals surface area (Å²) in [6.07, 6.45) is 2.09. The Hall–Kier alpha value is -2.33. The zero-order valence-corrected chi connectivity index (χ0v) is 21.8. The molecule has 2 heterocycles. The molecule has 1 aliphatic heterocycles. The number of hydrogen-bond acceptors (Lipinski definition) is 5. The highest BCUT2D eigenvalue weighted by Gasteiger charge is 2.30. The van der Waals surface area contributed by atoms with Gasteiger partial charge in [0.1, 0.15) is 0 Å². The quantitative estimate of drug-likeness (QED) is 0.197. The summed E-state index contributed by atoms with van der Waals surface area (Å²) in [6, 6.07) is 14.1. The zero-order chi connectivity index (χ0) is 25.1. The number of amidine groups is 1. The average molecular weight is 553 g/mol. The summed E-state index contributed by atoms with van der Waals surface area (Å²) in [5.41, 5.74) is 4.40. The lowest BCUT2D eigenvalue weighted by atomic mass is 10.1. The van der Waals surface area contributed by atoms with Gasteiger partial charge in [-0.05, 0) is 62.2 Å². The number of rotatable bonds is 7. The molecule has 1 saturated heterocycles. The van der Waals surface area contributed by atoms with E-state index in [0.717, 1.165) is 28.2 Å². The molecule has 182 valence electrons. The minimum atomic E-state index is -2.46. The summed E-state index contributed by atoms with van der Waals surface area (Å²) in [4.78, 5) is 12.8. The van der Waals surface area contributed by atoms with Gasteiger partial charge in [-0.2, -0.15) is 13.9 Å². The molecule has 1 aliphatic rings. The van der Waals surface area contributed by atoms with Gasteiger partial charge >= 0.3 is 0 Å². The highest BCUT2D eigenvalue weighted by Crippen LogP contribution is 2.29. The second-order valence-corrected chi connectivity index (χ2v) is 10.8. The largest absolute Gasteiger partial charge is 0.316 e. The molecule has 0 spiro atoms. The molecule has 11 heteroatoms. The molecule has 1 aromatic heterocycles. The predicted molar refractivity (Wildman–Crippen MR) is 142 cm³/mol. The van der Waals surface area contributed by atoms with Crippen molar-refractivity contribution in [2.45, 2.75) is 36.2 Å². The molecule has 5 nitrogen and oxygen atoms in total. The van der Waals surface area contributed by atoms with Crippen LogP contribution in [0.2, 0.25) is 10.0 Å². The Morgan fingerprint density at radius 2 is 1.91 bits per heavy atom. The Morgan fingerprint density at radius 1 is 1.17 bits per heavy atom. The predicted octanol–water partition coefficient (Wildman–Crippen LogP) is 6.88. The van der Waals surface area contributed by atoms with E-state index in [-0.39, 0.29) is 11.2 Å². The molecule has 0 saturated carbocycles. The molecule has 2 aromatic carbocycles. The highest BCUT2D eigenvalue weighted by atomic mass is 35.5. The van der Waals surface area contributed by atoms with Gasteiger partial charge in [0.15, 0.2) is 5.17 Å². The van der Waals surface area contributed by atoms with Gasteiger partial charge in [0, 0.05) is 26.9 Å². The fourth-order valence-electron chi connectivity index (χ4n) is 3.70. The number of alkyl halides is 2. The van der Waals surface area contributed by atoms with Crippen LogP contribution in [-0.2, 0) is 11.2 Å². The fraction of sp³-hybridized carbons (Fsp3) is 0.208. The molecular weight excluding hydrogens is 533 g/mol. The summed E-state index contributed by atoms with van der Waals surface area (Å²) in [7, 11) is 0. The monoisotopic (exact) mass is 552 g/mol. The smallest absolute Gasteiger partial charge is 0.288 e. The Morgan fingerprint density at radius 3 is 2.63 bits per heavy atom. The van der Waals surface area contributed by atoms with Gasteiger partial charge in [0.2, 0.25) is 5.91 Å². The van der Waals surface area contributed by atoms with Crippen LogP contribution in [0.4, 0.5) is 8.78 Å². The highest BCUT2D eigenvalue weighted by molar-refractivity contribution is 8.15. The van der Waals surface area contributed by atoms with E-state index in [1.165, 1.54) is 11.8 Å². The number of nitrogens with zero attached hydrogens (tertiary/aromatic N) is 3. The summed E-state index contributed by atoms with van der Waals surface area (Å²) in [5, 5.41) is 12.3. The van der Waals surface area contributed by atoms with Crippen molar-refractivity contribution in [2.24, 2.45) is 10.2 Å². The molecule has 3 aromatic rings. The minimum Gasteiger partial charge on any atom is -0.316 e. The normalized spacial score (nSPS) is 17.2. The molecular formula is C24H20Cl2F2N4OS2. The van der Waals surface area contributed by atoms with Crippen molar-refractivity contribution >= 4 is 64.0 Å². The van der Waals surface area contributed by atoms with Crippen LogP contribution in [0.1, 0.15) is 22.5 Å².